The van der Waals surface area contributed by atoms with Gasteiger partial charge in [0.25, 0.3) is 0 Å². The van der Waals surface area contributed by atoms with Crippen LogP contribution in [-0.4, -0.2) is 63.4 Å². The van der Waals surface area contributed by atoms with Crippen molar-refractivity contribution < 1.29 is 9.53 Å². The summed E-state index contributed by atoms with van der Waals surface area (Å²) in [6, 6.07) is 18.6. The summed E-state index contributed by atoms with van der Waals surface area (Å²) in [4.78, 5) is 19.2. The smallest absolute Gasteiger partial charge is 0.240 e. The fraction of sp³-hybridized carbons (Fsp3) is 0.304. The molecule has 8 nitrogen and oxygen atoms in total. The number of fused-ring (bicyclic) bond motifs is 1. The van der Waals surface area contributed by atoms with Gasteiger partial charge in [-0.3, -0.25) is 15.0 Å². The van der Waals surface area contributed by atoms with Gasteiger partial charge in [0, 0.05) is 19.6 Å². The van der Waals surface area contributed by atoms with Crippen LogP contribution in [0, 0.1) is 0 Å². The number of rotatable bonds is 8. The summed E-state index contributed by atoms with van der Waals surface area (Å²) in [5.41, 5.74) is 3.33. The van der Waals surface area contributed by atoms with Crippen molar-refractivity contribution in [1.29, 1.82) is 0 Å². The first-order valence-corrected chi connectivity index (χ1v) is 12.6. The zero-order valence-corrected chi connectivity index (χ0v) is 19.6. The zero-order chi connectivity index (χ0) is 22.5. The van der Waals surface area contributed by atoms with Crippen LogP contribution >= 0.6 is 23.1 Å². The number of amides is 1. The van der Waals surface area contributed by atoms with Gasteiger partial charge >= 0.3 is 0 Å². The van der Waals surface area contributed by atoms with Gasteiger partial charge in [-0.1, -0.05) is 65.6 Å². The van der Waals surface area contributed by atoms with Crippen LogP contribution in [0.25, 0.3) is 11.0 Å². The van der Waals surface area contributed by atoms with E-state index in [0.717, 1.165) is 40.8 Å². The largest absolute Gasteiger partial charge is 0.379 e. The molecule has 3 heterocycles. The third kappa shape index (κ3) is 5.59. The Morgan fingerprint density at radius 2 is 1.85 bits per heavy atom. The van der Waals surface area contributed by atoms with Crippen molar-refractivity contribution in [2.24, 2.45) is 0 Å². The van der Waals surface area contributed by atoms with Crippen molar-refractivity contribution in [3.63, 3.8) is 0 Å². The lowest BCUT2D eigenvalue weighted by atomic mass is 10.2. The molecule has 1 fully saturated rings. The van der Waals surface area contributed by atoms with E-state index in [1.165, 1.54) is 16.9 Å². The Balaban J connectivity index is 1.24. The van der Waals surface area contributed by atoms with Crippen LogP contribution in [0.1, 0.15) is 11.4 Å². The van der Waals surface area contributed by atoms with Gasteiger partial charge in [-0.25, -0.2) is 4.98 Å². The van der Waals surface area contributed by atoms with Crippen LogP contribution in [0.4, 0.5) is 5.13 Å². The fourth-order valence-corrected chi connectivity index (χ4v) is 5.46. The minimum absolute atomic E-state index is 0.0748. The number of para-hydroxylation sites is 2. The van der Waals surface area contributed by atoms with Gasteiger partial charge in [0.05, 0.1) is 36.5 Å². The average Bonchev–Trinajstić information content (AvgIpc) is 3.43. The number of anilines is 1. The molecule has 1 N–H and O–H groups in total. The van der Waals surface area contributed by atoms with Gasteiger partial charge in [0.15, 0.2) is 4.34 Å². The van der Waals surface area contributed by atoms with E-state index in [4.69, 9.17) is 9.72 Å². The number of hydrogen-bond acceptors (Lipinski definition) is 8. The van der Waals surface area contributed by atoms with Crippen molar-refractivity contribution in [3.8, 4) is 0 Å². The van der Waals surface area contributed by atoms with Crippen LogP contribution in [0.15, 0.2) is 58.9 Å². The number of aromatic nitrogens is 4. The molecule has 33 heavy (non-hydrogen) atoms. The summed E-state index contributed by atoms with van der Waals surface area (Å²) in [6.45, 7) is 3.98. The molecule has 1 saturated heterocycles. The molecule has 170 valence electrons. The standard InChI is InChI=1S/C23H24N6O2S2/c30-21(15-28-10-12-31-13-11-28)25-22-26-27-23(33-22)32-16-20-24-18-8-4-5-9-19(18)29(20)14-17-6-2-1-3-7-17/h1-9H,10-16H2,(H,25,26,30). The number of carbonyl (C=O) groups is 1. The Kier molecular flexibility index (Phi) is 6.96. The molecule has 0 aliphatic carbocycles. The Morgan fingerprint density at radius 3 is 2.70 bits per heavy atom. The molecule has 5 rings (SSSR count). The molecule has 0 spiro atoms. The zero-order valence-electron chi connectivity index (χ0n) is 18.0. The van der Waals surface area contributed by atoms with Crippen molar-refractivity contribution >= 4 is 45.2 Å². The molecule has 10 heteroatoms. The maximum Gasteiger partial charge on any atom is 0.240 e. The van der Waals surface area contributed by atoms with Crippen molar-refractivity contribution in [2.45, 2.75) is 16.6 Å². The highest BCUT2D eigenvalue weighted by Gasteiger charge is 2.17. The predicted octanol–water partition coefficient (Wildman–Crippen LogP) is 3.50. The number of ether oxygens (including phenoxy) is 1. The fourth-order valence-electron chi connectivity index (χ4n) is 3.74. The summed E-state index contributed by atoms with van der Waals surface area (Å²) < 4.78 is 8.38. The second kappa shape index (κ2) is 10.4. The molecule has 0 unspecified atom stereocenters. The van der Waals surface area contributed by atoms with Gasteiger partial charge in [-0.15, -0.1) is 10.2 Å². The maximum absolute atomic E-state index is 12.3. The Morgan fingerprint density at radius 1 is 1.06 bits per heavy atom. The molecule has 1 aliphatic heterocycles. The number of thioether (sulfide) groups is 1. The van der Waals surface area contributed by atoms with Crippen molar-refractivity contribution in [1.82, 2.24) is 24.6 Å². The Labute approximate surface area is 200 Å². The number of carbonyl (C=O) groups excluding carboxylic acids is 1. The Bertz CT molecular complexity index is 1220. The van der Waals surface area contributed by atoms with Crippen LogP contribution < -0.4 is 5.32 Å². The van der Waals surface area contributed by atoms with Crippen LogP contribution in [0.3, 0.4) is 0 Å². The molecular formula is C23H24N6O2S2. The lowest BCUT2D eigenvalue weighted by molar-refractivity contribution is -0.118. The summed E-state index contributed by atoms with van der Waals surface area (Å²) >= 11 is 2.97. The molecule has 0 atom stereocenters. The number of imidazole rings is 1. The molecular weight excluding hydrogens is 456 g/mol. The Hall–Kier alpha value is -2.79. The highest BCUT2D eigenvalue weighted by atomic mass is 32.2. The van der Waals surface area contributed by atoms with Gasteiger partial charge in [0.1, 0.15) is 5.82 Å². The molecule has 2 aromatic heterocycles. The number of hydrogen-bond donors (Lipinski definition) is 1. The molecule has 0 bridgehead atoms. The second-order valence-electron chi connectivity index (χ2n) is 7.69. The van der Waals surface area contributed by atoms with E-state index < -0.39 is 0 Å². The van der Waals surface area contributed by atoms with E-state index in [1.54, 1.807) is 11.8 Å². The van der Waals surface area contributed by atoms with Gasteiger partial charge < -0.3 is 9.30 Å². The summed E-state index contributed by atoms with van der Waals surface area (Å²) in [6.07, 6.45) is 0. The summed E-state index contributed by atoms with van der Waals surface area (Å²) in [5, 5.41) is 11.8. The van der Waals surface area contributed by atoms with Crippen LogP contribution in [-0.2, 0) is 21.8 Å². The topological polar surface area (TPSA) is 85.2 Å². The van der Waals surface area contributed by atoms with E-state index in [9.17, 15) is 4.79 Å². The van der Waals surface area contributed by atoms with Crippen molar-refractivity contribution in [3.05, 3.63) is 66.0 Å². The third-order valence-electron chi connectivity index (χ3n) is 5.37. The number of nitrogens with one attached hydrogen (secondary N) is 1. The number of morpholine rings is 1. The van der Waals surface area contributed by atoms with E-state index >= 15 is 0 Å². The molecule has 4 aromatic rings. The summed E-state index contributed by atoms with van der Waals surface area (Å²) in [7, 11) is 0. The average molecular weight is 481 g/mol. The molecule has 2 aromatic carbocycles. The van der Waals surface area contributed by atoms with Gasteiger partial charge in [0.2, 0.25) is 11.0 Å². The van der Waals surface area contributed by atoms with E-state index in [0.29, 0.717) is 30.6 Å². The van der Waals surface area contributed by atoms with E-state index in [-0.39, 0.29) is 5.91 Å². The third-order valence-corrected chi connectivity index (χ3v) is 7.33. The highest BCUT2D eigenvalue weighted by Crippen LogP contribution is 2.29. The molecule has 1 aliphatic rings. The van der Waals surface area contributed by atoms with Crippen molar-refractivity contribution in [2.75, 3.05) is 38.2 Å². The highest BCUT2D eigenvalue weighted by molar-refractivity contribution is 8.00. The first kappa shape index (κ1) is 22.0. The number of benzene rings is 2. The quantitative estimate of drug-likeness (QED) is 0.305. The monoisotopic (exact) mass is 480 g/mol. The normalized spacial score (nSPS) is 14.5. The summed E-state index contributed by atoms with van der Waals surface area (Å²) in [5.74, 6) is 1.57. The lowest BCUT2D eigenvalue weighted by Gasteiger charge is -2.25. The molecule has 1 amide bonds. The number of nitrogens with zero attached hydrogens (tertiary/aromatic N) is 5. The molecule has 0 radical (unpaired) electrons. The minimum atomic E-state index is -0.0748. The lowest BCUT2D eigenvalue weighted by Crippen LogP contribution is -2.41. The minimum Gasteiger partial charge on any atom is -0.379 e. The van der Waals surface area contributed by atoms with E-state index in [2.05, 4.69) is 55.3 Å². The first-order valence-electron chi connectivity index (χ1n) is 10.8. The van der Waals surface area contributed by atoms with Gasteiger partial charge in [-0.05, 0) is 17.7 Å². The van der Waals surface area contributed by atoms with Crippen LogP contribution in [0.2, 0.25) is 0 Å². The first-order chi connectivity index (χ1) is 16.2. The maximum atomic E-state index is 12.3. The van der Waals surface area contributed by atoms with Gasteiger partial charge in [-0.2, -0.15) is 0 Å². The SMILES string of the molecule is O=C(CN1CCOCC1)Nc1nnc(SCc2nc3ccccc3n2Cc2ccccc2)s1. The van der Waals surface area contributed by atoms with Crippen LogP contribution in [0.5, 0.6) is 0 Å². The second-order valence-corrected chi connectivity index (χ2v) is 9.89. The van der Waals surface area contributed by atoms with E-state index in [1.807, 2.05) is 24.3 Å². The predicted molar refractivity (Wildman–Crippen MR) is 131 cm³/mol. The molecule has 0 saturated carbocycles.